The molecular weight excluding hydrogens is 387 g/mol. The van der Waals surface area contributed by atoms with Crippen molar-refractivity contribution in [3.63, 3.8) is 0 Å². The molecule has 2 saturated heterocycles. The van der Waals surface area contributed by atoms with Gasteiger partial charge in [-0.3, -0.25) is 9.59 Å². The second kappa shape index (κ2) is 12.2. The summed E-state index contributed by atoms with van der Waals surface area (Å²) < 4.78 is 0. The molecule has 3 rings (SSSR count). The average Bonchev–Trinajstić information content (AvgIpc) is 3.34. The molecular formula is C19H30Cl2N4O2. The molecule has 2 aliphatic heterocycles. The molecule has 152 valence electrons. The van der Waals surface area contributed by atoms with Gasteiger partial charge in [-0.1, -0.05) is 12.1 Å². The third-order valence-corrected chi connectivity index (χ3v) is 4.97. The maximum atomic E-state index is 12.2. The zero-order valence-corrected chi connectivity index (χ0v) is 17.2. The largest absolute Gasteiger partial charge is 0.351 e. The van der Waals surface area contributed by atoms with Crippen LogP contribution in [0.3, 0.4) is 0 Å². The van der Waals surface area contributed by atoms with Gasteiger partial charge in [-0.05, 0) is 63.0 Å². The van der Waals surface area contributed by atoms with Gasteiger partial charge in [0, 0.05) is 25.2 Å². The normalized spacial score (nSPS) is 19.0. The topological polar surface area (TPSA) is 73.5 Å². The molecule has 2 aliphatic rings. The lowest BCUT2D eigenvalue weighted by molar-refractivity contribution is -0.122. The van der Waals surface area contributed by atoms with Gasteiger partial charge in [-0.15, -0.1) is 24.8 Å². The number of rotatable bonds is 7. The summed E-state index contributed by atoms with van der Waals surface area (Å²) in [5.41, 5.74) is 1.66. The summed E-state index contributed by atoms with van der Waals surface area (Å²) in [6, 6.07) is 7.39. The number of hydrogen-bond donors (Lipinski definition) is 3. The second-order valence-corrected chi connectivity index (χ2v) is 6.87. The number of carbonyl (C=O) groups excluding carboxylic acids is 2. The average molecular weight is 417 g/mol. The molecule has 2 heterocycles. The van der Waals surface area contributed by atoms with Crippen LogP contribution in [0.5, 0.6) is 0 Å². The Kier molecular flexibility index (Phi) is 10.7. The summed E-state index contributed by atoms with van der Waals surface area (Å²) in [6.45, 7) is 5.31. The maximum absolute atomic E-state index is 12.2. The predicted octanol–water partition coefficient (Wildman–Crippen LogP) is 1.72. The number of likely N-dealkylation sites (tertiary alicyclic amines) is 1. The summed E-state index contributed by atoms with van der Waals surface area (Å²) in [6.07, 6.45) is 4.49. The third-order valence-electron chi connectivity index (χ3n) is 4.97. The molecule has 2 amide bonds. The molecule has 1 aromatic carbocycles. The first-order chi connectivity index (χ1) is 12.2. The van der Waals surface area contributed by atoms with Crippen molar-refractivity contribution in [2.24, 2.45) is 0 Å². The summed E-state index contributed by atoms with van der Waals surface area (Å²) in [4.78, 5) is 26.5. The van der Waals surface area contributed by atoms with Gasteiger partial charge in [-0.2, -0.15) is 0 Å². The van der Waals surface area contributed by atoms with Crippen molar-refractivity contribution in [3.05, 3.63) is 35.4 Å². The van der Waals surface area contributed by atoms with Crippen LogP contribution in [0.15, 0.2) is 24.3 Å². The summed E-state index contributed by atoms with van der Waals surface area (Å²) >= 11 is 0. The molecule has 1 atom stereocenters. The predicted molar refractivity (Wildman–Crippen MR) is 112 cm³/mol. The molecule has 0 bridgehead atoms. The molecule has 0 saturated carbocycles. The quantitative estimate of drug-likeness (QED) is 0.632. The van der Waals surface area contributed by atoms with Crippen molar-refractivity contribution in [3.8, 4) is 0 Å². The highest BCUT2D eigenvalue weighted by molar-refractivity contribution is 5.94. The molecule has 0 unspecified atom stereocenters. The van der Waals surface area contributed by atoms with E-state index in [1.165, 1.54) is 12.8 Å². The molecule has 8 heteroatoms. The zero-order chi connectivity index (χ0) is 17.5. The van der Waals surface area contributed by atoms with Gasteiger partial charge in [0.05, 0.1) is 6.04 Å². The third kappa shape index (κ3) is 7.30. The van der Waals surface area contributed by atoms with E-state index >= 15 is 0 Å². The van der Waals surface area contributed by atoms with Crippen molar-refractivity contribution in [2.45, 2.75) is 38.3 Å². The number of nitrogens with one attached hydrogen (secondary N) is 3. The first-order valence-electron chi connectivity index (χ1n) is 9.33. The molecule has 27 heavy (non-hydrogen) atoms. The lowest BCUT2D eigenvalue weighted by atomic mass is 10.1. The summed E-state index contributed by atoms with van der Waals surface area (Å²) in [5.74, 6) is 0.0196. The Bertz CT molecular complexity index is 586. The number of nitrogens with zero attached hydrogens (tertiary/aromatic N) is 1. The number of benzene rings is 1. The molecule has 0 aromatic heterocycles. The van der Waals surface area contributed by atoms with Crippen LogP contribution in [-0.4, -0.2) is 55.5 Å². The Balaban J connectivity index is 0.00000182. The minimum absolute atomic E-state index is 0. The molecule has 3 N–H and O–H groups in total. The number of hydrogen-bond acceptors (Lipinski definition) is 4. The van der Waals surface area contributed by atoms with E-state index in [9.17, 15) is 9.59 Å². The molecule has 1 aromatic rings. The van der Waals surface area contributed by atoms with E-state index < -0.39 is 0 Å². The van der Waals surface area contributed by atoms with E-state index in [2.05, 4.69) is 20.9 Å². The number of halogens is 2. The van der Waals surface area contributed by atoms with Gasteiger partial charge in [0.25, 0.3) is 5.91 Å². The van der Waals surface area contributed by atoms with Gasteiger partial charge in [0.15, 0.2) is 0 Å². The fraction of sp³-hybridized carbons (Fsp3) is 0.579. The standard InChI is InChI=1S/C19H28N4O2.2ClH/c24-18(21-10-13-23-11-1-2-12-23)16-7-5-15(6-8-16)14-22-19(25)17-4-3-9-20-17;;/h5-8,17,20H,1-4,9-14H2,(H,21,24)(H,22,25);2*1H/t17-;;/m0../s1. The van der Waals surface area contributed by atoms with Crippen molar-refractivity contribution >= 4 is 36.6 Å². The Morgan fingerprint density at radius 3 is 2.37 bits per heavy atom. The van der Waals surface area contributed by atoms with Gasteiger partial charge in [0.1, 0.15) is 0 Å². The Morgan fingerprint density at radius 2 is 1.74 bits per heavy atom. The van der Waals surface area contributed by atoms with Crippen LogP contribution < -0.4 is 16.0 Å². The van der Waals surface area contributed by atoms with E-state index in [-0.39, 0.29) is 42.7 Å². The number of amides is 2. The van der Waals surface area contributed by atoms with Crippen LogP contribution in [0.4, 0.5) is 0 Å². The van der Waals surface area contributed by atoms with Crippen LogP contribution in [0.1, 0.15) is 41.6 Å². The first-order valence-corrected chi connectivity index (χ1v) is 9.33. The van der Waals surface area contributed by atoms with Crippen molar-refractivity contribution in [2.75, 3.05) is 32.7 Å². The van der Waals surface area contributed by atoms with Gasteiger partial charge in [-0.25, -0.2) is 0 Å². The Labute approximate surface area is 173 Å². The van der Waals surface area contributed by atoms with Crippen LogP contribution in [-0.2, 0) is 11.3 Å². The fourth-order valence-electron chi connectivity index (χ4n) is 3.43. The SMILES string of the molecule is Cl.Cl.O=C(NCCN1CCCC1)c1ccc(CNC(=O)[C@@H]2CCCN2)cc1. The highest BCUT2D eigenvalue weighted by Crippen LogP contribution is 2.08. The van der Waals surface area contributed by atoms with E-state index in [0.29, 0.717) is 18.7 Å². The van der Waals surface area contributed by atoms with Crippen molar-refractivity contribution in [1.82, 2.24) is 20.9 Å². The molecule has 0 aliphatic carbocycles. The van der Waals surface area contributed by atoms with Crippen LogP contribution in [0.2, 0.25) is 0 Å². The highest BCUT2D eigenvalue weighted by atomic mass is 35.5. The Hall–Kier alpha value is -1.34. The first kappa shape index (κ1) is 23.7. The zero-order valence-electron chi connectivity index (χ0n) is 15.5. The fourth-order valence-corrected chi connectivity index (χ4v) is 3.43. The van der Waals surface area contributed by atoms with Crippen molar-refractivity contribution in [1.29, 1.82) is 0 Å². The minimum atomic E-state index is -0.0549. The van der Waals surface area contributed by atoms with Crippen LogP contribution >= 0.6 is 24.8 Å². The Morgan fingerprint density at radius 1 is 1.04 bits per heavy atom. The van der Waals surface area contributed by atoms with Gasteiger partial charge in [0.2, 0.25) is 5.91 Å². The summed E-state index contributed by atoms with van der Waals surface area (Å²) in [5, 5.41) is 9.11. The number of carbonyl (C=O) groups is 2. The minimum Gasteiger partial charge on any atom is -0.351 e. The van der Waals surface area contributed by atoms with E-state index in [0.717, 1.165) is 44.6 Å². The van der Waals surface area contributed by atoms with E-state index in [4.69, 9.17) is 0 Å². The van der Waals surface area contributed by atoms with Crippen molar-refractivity contribution < 1.29 is 9.59 Å². The lowest BCUT2D eigenvalue weighted by Crippen LogP contribution is -2.40. The van der Waals surface area contributed by atoms with E-state index in [1.54, 1.807) is 0 Å². The maximum Gasteiger partial charge on any atom is 0.251 e. The molecule has 0 radical (unpaired) electrons. The molecule has 2 fully saturated rings. The summed E-state index contributed by atoms with van der Waals surface area (Å²) in [7, 11) is 0. The van der Waals surface area contributed by atoms with Crippen LogP contribution in [0.25, 0.3) is 0 Å². The molecule has 0 spiro atoms. The molecule has 6 nitrogen and oxygen atoms in total. The van der Waals surface area contributed by atoms with Gasteiger partial charge < -0.3 is 20.9 Å². The monoisotopic (exact) mass is 416 g/mol. The van der Waals surface area contributed by atoms with Gasteiger partial charge >= 0.3 is 0 Å². The highest BCUT2D eigenvalue weighted by Gasteiger charge is 2.21. The van der Waals surface area contributed by atoms with Crippen LogP contribution in [0, 0.1) is 0 Å². The van der Waals surface area contributed by atoms with E-state index in [1.807, 2.05) is 24.3 Å². The smallest absolute Gasteiger partial charge is 0.251 e. The second-order valence-electron chi connectivity index (χ2n) is 6.87. The lowest BCUT2D eigenvalue weighted by Gasteiger charge is -2.14.